The molecule has 132 valence electrons. The van der Waals surface area contributed by atoms with Crippen LogP contribution in [0.15, 0.2) is 24.3 Å². The van der Waals surface area contributed by atoms with Gasteiger partial charge in [0.2, 0.25) is 5.91 Å². The number of carbonyl (C=O) groups excluding carboxylic acids is 1. The van der Waals surface area contributed by atoms with E-state index >= 15 is 0 Å². The molecule has 1 atom stereocenters. The molecule has 1 aromatic carbocycles. The number of nitrogens with one attached hydrogen (secondary N) is 1. The summed E-state index contributed by atoms with van der Waals surface area (Å²) in [5.74, 6) is 0.156. The van der Waals surface area contributed by atoms with E-state index in [1.165, 1.54) is 12.1 Å². The number of halogens is 3. The fourth-order valence-electron chi connectivity index (χ4n) is 2.93. The highest BCUT2D eigenvalue weighted by Crippen LogP contribution is 2.32. The van der Waals surface area contributed by atoms with E-state index < -0.39 is 11.7 Å². The first kappa shape index (κ1) is 17.2. The maximum atomic E-state index is 12.7. The second-order valence-corrected chi connectivity index (χ2v) is 6.30. The van der Waals surface area contributed by atoms with Crippen molar-refractivity contribution < 1.29 is 22.7 Å². The second-order valence-electron chi connectivity index (χ2n) is 6.30. The average Bonchev–Trinajstić information content (AvgIpc) is 3.40. The van der Waals surface area contributed by atoms with E-state index in [9.17, 15) is 18.0 Å². The largest absolute Gasteiger partial charge is 0.416 e. The van der Waals surface area contributed by atoms with Crippen LogP contribution < -0.4 is 5.32 Å². The van der Waals surface area contributed by atoms with Crippen molar-refractivity contribution in [3.8, 4) is 0 Å². The van der Waals surface area contributed by atoms with E-state index in [0.29, 0.717) is 32.8 Å². The number of amides is 1. The van der Waals surface area contributed by atoms with Gasteiger partial charge in [-0.05, 0) is 30.5 Å². The number of morpholine rings is 1. The lowest BCUT2D eigenvalue weighted by Crippen LogP contribution is -2.44. The second kappa shape index (κ2) is 7.11. The molecular formula is C17H21F3N2O2. The van der Waals surface area contributed by atoms with Crippen LogP contribution in [0.3, 0.4) is 0 Å². The number of hydrogen-bond donors (Lipinski definition) is 1. The average molecular weight is 342 g/mol. The molecular weight excluding hydrogens is 321 g/mol. The Balaban J connectivity index is 1.73. The number of nitrogens with zero attached hydrogens (tertiary/aromatic N) is 1. The van der Waals surface area contributed by atoms with E-state index in [1.54, 1.807) is 0 Å². The van der Waals surface area contributed by atoms with Crippen LogP contribution >= 0.6 is 0 Å². The Morgan fingerprint density at radius 3 is 2.38 bits per heavy atom. The van der Waals surface area contributed by atoms with Gasteiger partial charge in [0, 0.05) is 25.6 Å². The zero-order valence-electron chi connectivity index (χ0n) is 13.3. The predicted octanol–water partition coefficient (Wildman–Crippen LogP) is 2.60. The van der Waals surface area contributed by atoms with Gasteiger partial charge < -0.3 is 10.1 Å². The highest BCUT2D eigenvalue weighted by atomic mass is 19.4. The van der Waals surface area contributed by atoms with Crippen LogP contribution in [0.25, 0.3) is 0 Å². The van der Waals surface area contributed by atoms with Crippen molar-refractivity contribution in [1.82, 2.24) is 10.2 Å². The molecule has 7 heteroatoms. The van der Waals surface area contributed by atoms with E-state index in [2.05, 4.69) is 10.2 Å². The van der Waals surface area contributed by atoms with Crippen LogP contribution in [0.4, 0.5) is 13.2 Å². The highest BCUT2D eigenvalue weighted by Gasteiger charge is 2.32. The number of rotatable bonds is 5. The molecule has 1 heterocycles. The number of alkyl halides is 3. The van der Waals surface area contributed by atoms with Gasteiger partial charge in [-0.25, -0.2) is 0 Å². The molecule has 0 radical (unpaired) electrons. The van der Waals surface area contributed by atoms with Crippen LogP contribution in [-0.4, -0.2) is 43.7 Å². The minimum Gasteiger partial charge on any atom is -0.379 e. The molecule has 1 aliphatic carbocycles. The number of ether oxygens (including phenoxy) is 1. The van der Waals surface area contributed by atoms with Gasteiger partial charge in [-0.3, -0.25) is 9.69 Å². The maximum absolute atomic E-state index is 12.7. The SMILES string of the molecule is O=C(NCC(c1ccc(C(F)(F)F)cc1)N1CCOCC1)C1CC1. The Morgan fingerprint density at radius 2 is 1.83 bits per heavy atom. The molecule has 1 saturated heterocycles. The summed E-state index contributed by atoms with van der Waals surface area (Å²) in [5.41, 5.74) is 0.120. The van der Waals surface area contributed by atoms with Crippen LogP contribution in [0.1, 0.15) is 30.0 Å². The Hall–Kier alpha value is -1.60. The molecule has 1 amide bonds. The topological polar surface area (TPSA) is 41.6 Å². The third-order valence-electron chi connectivity index (χ3n) is 4.53. The van der Waals surface area contributed by atoms with Gasteiger partial charge in [0.15, 0.2) is 0 Å². The minimum absolute atomic E-state index is 0.0418. The van der Waals surface area contributed by atoms with Gasteiger partial charge in [-0.1, -0.05) is 12.1 Å². The summed E-state index contributed by atoms with van der Waals surface area (Å²) < 4.78 is 43.6. The van der Waals surface area contributed by atoms with Crippen molar-refractivity contribution in [3.63, 3.8) is 0 Å². The fourth-order valence-corrected chi connectivity index (χ4v) is 2.93. The van der Waals surface area contributed by atoms with Crippen molar-refractivity contribution in [2.45, 2.75) is 25.1 Å². The van der Waals surface area contributed by atoms with Gasteiger partial charge in [0.1, 0.15) is 0 Å². The van der Waals surface area contributed by atoms with Crippen molar-refractivity contribution in [1.29, 1.82) is 0 Å². The molecule has 0 aromatic heterocycles. The van der Waals surface area contributed by atoms with E-state index in [1.807, 2.05) is 0 Å². The summed E-state index contributed by atoms with van der Waals surface area (Å²) in [7, 11) is 0. The molecule has 1 aliphatic heterocycles. The van der Waals surface area contributed by atoms with E-state index in [-0.39, 0.29) is 17.9 Å². The molecule has 1 N–H and O–H groups in total. The predicted molar refractivity (Wildman–Crippen MR) is 82.3 cm³/mol. The van der Waals surface area contributed by atoms with E-state index in [4.69, 9.17) is 4.74 Å². The van der Waals surface area contributed by atoms with Gasteiger partial charge in [-0.2, -0.15) is 13.2 Å². The number of carbonyl (C=O) groups is 1. The van der Waals surface area contributed by atoms with Crippen LogP contribution in [0, 0.1) is 5.92 Å². The molecule has 2 aliphatic rings. The zero-order chi connectivity index (χ0) is 17.2. The first-order valence-corrected chi connectivity index (χ1v) is 8.22. The van der Waals surface area contributed by atoms with Crippen LogP contribution in [0.5, 0.6) is 0 Å². The van der Waals surface area contributed by atoms with Crippen molar-refractivity contribution in [3.05, 3.63) is 35.4 Å². The Morgan fingerprint density at radius 1 is 1.21 bits per heavy atom. The normalized spacial score (nSPS) is 20.6. The van der Waals surface area contributed by atoms with Crippen molar-refractivity contribution in [2.75, 3.05) is 32.8 Å². The zero-order valence-corrected chi connectivity index (χ0v) is 13.3. The van der Waals surface area contributed by atoms with Gasteiger partial charge in [-0.15, -0.1) is 0 Å². The maximum Gasteiger partial charge on any atom is 0.416 e. The van der Waals surface area contributed by atoms with Crippen LogP contribution in [-0.2, 0) is 15.7 Å². The molecule has 4 nitrogen and oxygen atoms in total. The minimum atomic E-state index is -4.34. The lowest BCUT2D eigenvalue weighted by Gasteiger charge is -2.35. The standard InChI is InChI=1S/C17H21F3N2O2/c18-17(19,20)14-5-3-12(4-6-14)15(22-7-9-24-10-8-22)11-21-16(23)13-1-2-13/h3-6,13,15H,1-2,7-11H2,(H,21,23). The molecule has 1 aromatic rings. The quantitative estimate of drug-likeness (QED) is 0.894. The molecule has 0 bridgehead atoms. The summed E-state index contributed by atoms with van der Waals surface area (Å²) >= 11 is 0. The number of benzene rings is 1. The Kier molecular flexibility index (Phi) is 5.10. The highest BCUT2D eigenvalue weighted by molar-refractivity contribution is 5.80. The summed E-state index contributed by atoms with van der Waals surface area (Å²) in [4.78, 5) is 14.1. The molecule has 1 saturated carbocycles. The Labute approximate surface area is 139 Å². The lowest BCUT2D eigenvalue weighted by atomic mass is 10.0. The third kappa shape index (κ3) is 4.27. The van der Waals surface area contributed by atoms with Gasteiger partial charge in [0.25, 0.3) is 0 Å². The monoisotopic (exact) mass is 342 g/mol. The van der Waals surface area contributed by atoms with Crippen LogP contribution in [0.2, 0.25) is 0 Å². The smallest absolute Gasteiger partial charge is 0.379 e. The lowest BCUT2D eigenvalue weighted by molar-refractivity contribution is -0.137. The van der Waals surface area contributed by atoms with Gasteiger partial charge >= 0.3 is 6.18 Å². The van der Waals surface area contributed by atoms with Crippen molar-refractivity contribution in [2.24, 2.45) is 5.92 Å². The summed E-state index contributed by atoms with van der Waals surface area (Å²) in [6.45, 7) is 2.98. The number of hydrogen-bond acceptors (Lipinski definition) is 3. The summed E-state index contributed by atoms with van der Waals surface area (Å²) in [6, 6.07) is 5.08. The molecule has 0 spiro atoms. The fraction of sp³-hybridized carbons (Fsp3) is 0.588. The summed E-state index contributed by atoms with van der Waals surface area (Å²) in [6.07, 6.45) is -2.49. The molecule has 2 fully saturated rings. The van der Waals surface area contributed by atoms with E-state index in [0.717, 1.165) is 30.5 Å². The Bertz CT molecular complexity index is 564. The van der Waals surface area contributed by atoms with Gasteiger partial charge in [0.05, 0.1) is 24.8 Å². The van der Waals surface area contributed by atoms with Crippen molar-refractivity contribution >= 4 is 5.91 Å². The summed E-state index contributed by atoms with van der Waals surface area (Å²) in [5, 5.41) is 2.94. The third-order valence-corrected chi connectivity index (χ3v) is 4.53. The first-order valence-electron chi connectivity index (χ1n) is 8.22. The molecule has 24 heavy (non-hydrogen) atoms. The molecule has 1 unspecified atom stereocenters. The molecule has 3 rings (SSSR count). The first-order chi connectivity index (χ1) is 11.4.